The molecule has 1 atom stereocenters. The van der Waals surface area contributed by atoms with Crippen LogP contribution in [0.4, 0.5) is 11.4 Å². The molecule has 0 radical (unpaired) electrons. The molecule has 18 heavy (non-hydrogen) atoms. The normalized spacial score (nSPS) is 12.1. The number of nitrogens with one attached hydrogen (secondary N) is 1. The van der Waals surface area contributed by atoms with E-state index < -0.39 is 0 Å². The van der Waals surface area contributed by atoms with Crippen molar-refractivity contribution in [1.82, 2.24) is 0 Å². The lowest BCUT2D eigenvalue weighted by molar-refractivity contribution is 0.342. The first kappa shape index (κ1) is 12.4. The number of anilines is 2. The van der Waals surface area contributed by atoms with Crippen LogP contribution in [0.2, 0.25) is 0 Å². The van der Waals surface area contributed by atoms with Crippen LogP contribution in [0.15, 0.2) is 41.0 Å². The molecule has 3 N–H and O–H groups in total. The Labute approximate surface area is 107 Å². The molecule has 96 valence electrons. The number of rotatable bonds is 5. The lowest BCUT2D eigenvalue weighted by atomic mass is 10.2. The average Bonchev–Trinajstić information content (AvgIpc) is 2.87. The van der Waals surface area contributed by atoms with Crippen LogP contribution < -0.4 is 15.8 Å². The third kappa shape index (κ3) is 2.77. The highest BCUT2D eigenvalue weighted by Crippen LogP contribution is 2.28. The molecule has 0 saturated heterocycles. The average molecular weight is 246 g/mol. The van der Waals surface area contributed by atoms with Crippen molar-refractivity contribution in [3.8, 4) is 5.75 Å². The molecule has 4 heteroatoms. The monoisotopic (exact) mass is 246 g/mol. The third-order valence-corrected chi connectivity index (χ3v) is 2.67. The van der Waals surface area contributed by atoms with Crippen LogP contribution in [0.25, 0.3) is 0 Å². The van der Waals surface area contributed by atoms with Crippen molar-refractivity contribution < 1.29 is 9.15 Å². The maximum Gasteiger partial charge on any atom is 0.144 e. The fourth-order valence-corrected chi connectivity index (χ4v) is 1.76. The Hall–Kier alpha value is -2.10. The summed E-state index contributed by atoms with van der Waals surface area (Å²) in [6.07, 6.45) is 1.67. The minimum absolute atomic E-state index is 0.0955. The van der Waals surface area contributed by atoms with Crippen molar-refractivity contribution >= 4 is 11.4 Å². The van der Waals surface area contributed by atoms with Gasteiger partial charge in [-0.05, 0) is 38.1 Å². The van der Waals surface area contributed by atoms with Crippen LogP contribution in [-0.2, 0) is 0 Å². The number of hydrogen-bond acceptors (Lipinski definition) is 4. The summed E-state index contributed by atoms with van der Waals surface area (Å²) < 4.78 is 10.8. The standard InChI is InChI=1S/C14H18N2O2/c1-3-17-14-9-11(6-7-12(14)15)16-10(2)13-5-4-8-18-13/h4-10,16H,3,15H2,1-2H3. The van der Waals surface area contributed by atoms with Gasteiger partial charge in [0, 0.05) is 11.8 Å². The van der Waals surface area contributed by atoms with Gasteiger partial charge in [-0.3, -0.25) is 0 Å². The van der Waals surface area contributed by atoms with Crippen LogP contribution in [-0.4, -0.2) is 6.61 Å². The van der Waals surface area contributed by atoms with Gasteiger partial charge in [-0.2, -0.15) is 0 Å². The Bertz CT molecular complexity index is 495. The van der Waals surface area contributed by atoms with Crippen LogP contribution >= 0.6 is 0 Å². The van der Waals surface area contributed by atoms with Crippen molar-refractivity contribution in [2.75, 3.05) is 17.7 Å². The van der Waals surface area contributed by atoms with E-state index in [1.54, 1.807) is 6.26 Å². The summed E-state index contributed by atoms with van der Waals surface area (Å²) in [4.78, 5) is 0. The molecule has 0 saturated carbocycles. The number of nitrogen functional groups attached to an aromatic ring is 1. The molecular weight excluding hydrogens is 228 g/mol. The van der Waals surface area contributed by atoms with Crippen molar-refractivity contribution in [2.24, 2.45) is 0 Å². The zero-order valence-corrected chi connectivity index (χ0v) is 10.6. The van der Waals surface area contributed by atoms with E-state index in [0.717, 1.165) is 11.4 Å². The molecule has 1 unspecified atom stereocenters. The minimum Gasteiger partial charge on any atom is -0.492 e. The van der Waals surface area contributed by atoms with Crippen molar-refractivity contribution in [2.45, 2.75) is 19.9 Å². The van der Waals surface area contributed by atoms with Crippen LogP contribution in [0.5, 0.6) is 5.75 Å². The molecule has 1 aromatic heterocycles. The van der Waals surface area contributed by atoms with E-state index in [1.165, 1.54) is 0 Å². The summed E-state index contributed by atoms with van der Waals surface area (Å²) in [5.74, 6) is 1.60. The first-order valence-corrected chi connectivity index (χ1v) is 6.03. The van der Waals surface area contributed by atoms with Gasteiger partial charge >= 0.3 is 0 Å². The molecule has 1 aromatic carbocycles. The number of hydrogen-bond donors (Lipinski definition) is 2. The number of ether oxygens (including phenoxy) is 1. The van der Waals surface area contributed by atoms with Crippen LogP contribution in [0.1, 0.15) is 25.6 Å². The first-order valence-electron chi connectivity index (χ1n) is 6.03. The predicted octanol–water partition coefficient (Wildman–Crippen LogP) is 3.43. The molecule has 1 heterocycles. The second-order valence-corrected chi connectivity index (χ2v) is 4.07. The molecule has 0 fully saturated rings. The second-order valence-electron chi connectivity index (χ2n) is 4.07. The van der Waals surface area contributed by atoms with Gasteiger partial charge in [0.25, 0.3) is 0 Å². The fraction of sp³-hybridized carbons (Fsp3) is 0.286. The van der Waals surface area contributed by atoms with Crippen molar-refractivity contribution in [1.29, 1.82) is 0 Å². The largest absolute Gasteiger partial charge is 0.492 e. The minimum atomic E-state index is 0.0955. The highest BCUT2D eigenvalue weighted by molar-refractivity contribution is 5.61. The maximum absolute atomic E-state index is 5.83. The van der Waals surface area contributed by atoms with Gasteiger partial charge in [0.2, 0.25) is 0 Å². The Morgan fingerprint density at radius 1 is 1.39 bits per heavy atom. The maximum atomic E-state index is 5.83. The zero-order chi connectivity index (χ0) is 13.0. The molecule has 0 aliphatic rings. The second kappa shape index (κ2) is 5.49. The van der Waals surface area contributed by atoms with E-state index in [4.69, 9.17) is 14.9 Å². The smallest absolute Gasteiger partial charge is 0.144 e. The number of benzene rings is 1. The molecule has 0 aliphatic heterocycles. The molecule has 4 nitrogen and oxygen atoms in total. The van der Waals surface area contributed by atoms with Crippen LogP contribution in [0.3, 0.4) is 0 Å². The molecule has 0 bridgehead atoms. The van der Waals surface area contributed by atoms with Crippen molar-refractivity contribution in [3.05, 3.63) is 42.4 Å². The van der Waals surface area contributed by atoms with E-state index in [-0.39, 0.29) is 6.04 Å². The molecule has 0 aliphatic carbocycles. The van der Waals surface area contributed by atoms with E-state index >= 15 is 0 Å². The van der Waals surface area contributed by atoms with Crippen LogP contribution in [0, 0.1) is 0 Å². The number of furan rings is 1. The van der Waals surface area contributed by atoms with Gasteiger partial charge in [0.1, 0.15) is 11.5 Å². The molecule has 2 rings (SSSR count). The van der Waals surface area contributed by atoms with Gasteiger partial charge in [0.05, 0.1) is 24.6 Å². The van der Waals surface area contributed by atoms with E-state index in [0.29, 0.717) is 18.0 Å². The molecule has 0 amide bonds. The Morgan fingerprint density at radius 3 is 2.89 bits per heavy atom. The summed E-state index contributed by atoms with van der Waals surface area (Å²) in [7, 11) is 0. The summed E-state index contributed by atoms with van der Waals surface area (Å²) >= 11 is 0. The Morgan fingerprint density at radius 2 is 2.22 bits per heavy atom. The fourth-order valence-electron chi connectivity index (χ4n) is 1.76. The van der Waals surface area contributed by atoms with E-state index in [1.807, 2.05) is 44.2 Å². The summed E-state index contributed by atoms with van der Waals surface area (Å²) in [5, 5.41) is 3.34. The van der Waals surface area contributed by atoms with Gasteiger partial charge in [-0.1, -0.05) is 0 Å². The molecule has 2 aromatic rings. The zero-order valence-electron chi connectivity index (χ0n) is 10.6. The molecule has 0 spiro atoms. The Balaban J connectivity index is 2.12. The first-order chi connectivity index (χ1) is 8.70. The summed E-state index contributed by atoms with van der Waals surface area (Å²) in [5.41, 5.74) is 7.43. The predicted molar refractivity (Wildman–Crippen MR) is 72.8 cm³/mol. The molecular formula is C14H18N2O2. The van der Waals surface area contributed by atoms with Gasteiger partial charge in [0.15, 0.2) is 0 Å². The van der Waals surface area contributed by atoms with E-state index in [9.17, 15) is 0 Å². The number of nitrogens with two attached hydrogens (primary N) is 1. The topological polar surface area (TPSA) is 60.4 Å². The quantitative estimate of drug-likeness (QED) is 0.793. The highest BCUT2D eigenvalue weighted by Gasteiger charge is 2.09. The van der Waals surface area contributed by atoms with Gasteiger partial charge in [-0.15, -0.1) is 0 Å². The SMILES string of the molecule is CCOc1cc(NC(C)c2ccco2)ccc1N. The van der Waals surface area contributed by atoms with Gasteiger partial charge in [-0.25, -0.2) is 0 Å². The Kier molecular flexibility index (Phi) is 3.77. The van der Waals surface area contributed by atoms with E-state index in [2.05, 4.69) is 5.32 Å². The lowest BCUT2D eigenvalue weighted by Gasteiger charge is -2.15. The third-order valence-electron chi connectivity index (χ3n) is 2.67. The highest BCUT2D eigenvalue weighted by atomic mass is 16.5. The lowest BCUT2D eigenvalue weighted by Crippen LogP contribution is -2.06. The van der Waals surface area contributed by atoms with Gasteiger partial charge < -0.3 is 20.2 Å². The van der Waals surface area contributed by atoms with Crippen molar-refractivity contribution in [3.63, 3.8) is 0 Å². The summed E-state index contributed by atoms with van der Waals surface area (Å²) in [6.45, 7) is 4.57. The summed E-state index contributed by atoms with van der Waals surface area (Å²) in [6, 6.07) is 9.58.